The molecule has 1 saturated heterocycles. The lowest BCUT2D eigenvalue weighted by Crippen LogP contribution is -2.31. The fourth-order valence-corrected chi connectivity index (χ4v) is 2.47. The van der Waals surface area contributed by atoms with Crippen molar-refractivity contribution in [3.05, 3.63) is 11.7 Å². The maximum absolute atomic E-state index is 9.16. The van der Waals surface area contributed by atoms with Crippen molar-refractivity contribution in [1.29, 1.82) is 0 Å². The molecule has 1 aromatic rings. The normalized spacial score (nSPS) is 22.3. The quantitative estimate of drug-likeness (QED) is 0.890. The summed E-state index contributed by atoms with van der Waals surface area (Å²) in [6.45, 7) is 5.99. The van der Waals surface area contributed by atoms with Crippen LogP contribution in [0.4, 0.5) is 0 Å². The fourth-order valence-electron chi connectivity index (χ4n) is 2.47. The van der Waals surface area contributed by atoms with Gasteiger partial charge in [-0.1, -0.05) is 31.8 Å². The lowest BCUT2D eigenvalue weighted by Gasteiger charge is -2.26. The molecule has 18 heavy (non-hydrogen) atoms. The molecule has 0 saturated carbocycles. The zero-order valence-corrected chi connectivity index (χ0v) is 11.3. The summed E-state index contributed by atoms with van der Waals surface area (Å²) in [6.07, 6.45) is 4.67. The summed E-state index contributed by atoms with van der Waals surface area (Å²) < 4.78 is 5.30. The Labute approximate surface area is 108 Å². The highest BCUT2D eigenvalue weighted by atomic mass is 16.5. The Bertz CT molecular complexity index is 365. The van der Waals surface area contributed by atoms with Gasteiger partial charge in [-0.05, 0) is 19.4 Å². The van der Waals surface area contributed by atoms with Crippen LogP contribution in [0.1, 0.15) is 63.2 Å². The van der Waals surface area contributed by atoms with Gasteiger partial charge in [0.15, 0.2) is 5.82 Å². The van der Waals surface area contributed by atoms with E-state index in [2.05, 4.69) is 28.9 Å². The van der Waals surface area contributed by atoms with Gasteiger partial charge in [0.25, 0.3) is 0 Å². The predicted octanol–water partition coefficient (Wildman–Crippen LogP) is 2.10. The lowest BCUT2D eigenvalue weighted by molar-refractivity contribution is 0.146. The first-order valence-electron chi connectivity index (χ1n) is 6.90. The Morgan fingerprint density at radius 1 is 1.39 bits per heavy atom. The summed E-state index contributed by atoms with van der Waals surface area (Å²) in [7, 11) is 0. The molecule has 0 aliphatic carbocycles. The van der Waals surface area contributed by atoms with Crippen LogP contribution in [-0.2, 0) is 0 Å². The highest BCUT2D eigenvalue weighted by Crippen LogP contribution is 2.28. The standard InChI is InChI=1S/C13H23N3O2/c1-10(2)13-14-12(15-18-13)11-6-4-3-5-7-16(11)8-9-17/h10-11,17H,3-9H2,1-2H3/t11-/m1/s1. The highest BCUT2D eigenvalue weighted by Gasteiger charge is 2.26. The molecule has 1 atom stereocenters. The van der Waals surface area contributed by atoms with Crippen LogP contribution in [0, 0.1) is 0 Å². The number of hydrogen-bond donors (Lipinski definition) is 1. The minimum Gasteiger partial charge on any atom is -0.395 e. The highest BCUT2D eigenvalue weighted by molar-refractivity contribution is 4.98. The van der Waals surface area contributed by atoms with Gasteiger partial charge >= 0.3 is 0 Å². The number of nitrogens with zero attached hydrogens (tertiary/aromatic N) is 3. The zero-order valence-electron chi connectivity index (χ0n) is 11.3. The van der Waals surface area contributed by atoms with E-state index in [4.69, 9.17) is 9.63 Å². The van der Waals surface area contributed by atoms with E-state index in [0.29, 0.717) is 12.4 Å². The maximum Gasteiger partial charge on any atom is 0.229 e. The average Bonchev–Trinajstić information content (AvgIpc) is 2.72. The Hall–Kier alpha value is -0.940. The van der Waals surface area contributed by atoms with E-state index in [1.807, 2.05) is 0 Å². The molecule has 2 rings (SSSR count). The Morgan fingerprint density at radius 3 is 2.89 bits per heavy atom. The van der Waals surface area contributed by atoms with Crippen LogP contribution in [0.15, 0.2) is 4.52 Å². The van der Waals surface area contributed by atoms with E-state index in [-0.39, 0.29) is 18.6 Å². The second-order valence-electron chi connectivity index (χ2n) is 5.27. The first kappa shape index (κ1) is 13.5. The van der Waals surface area contributed by atoms with Gasteiger partial charge in [0.2, 0.25) is 5.89 Å². The topological polar surface area (TPSA) is 62.4 Å². The van der Waals surface area contributed by atoms with Crippen LogP contribution < -0.4 is 0 Å². The fraction of sp³-hybridized carbons (Fsp3) is 0.846. The monoisotopic (exact) mass is 253 g/mol. The van der Waals surface area contributed by atoms with E-state index in [0.717, 1.165) is 18.8 Å². The van der Waals surface area contributed by atoms with E-state index in [1.165, 1.54) is 19.3 Å². The number of aliphatic hydroxyl groups is 1. The molecule has 2 heterocycles. The van der Waals surface area contributed by atoms with Crippen molar-refractivity contribution in [3.8, 4) is 0 Å². The third kappa shape index (κ3) is 3.09. The summed E-state index contributed by atoms with van der Waals surface area (Å²) >= 11 is 0. The lowest BCUT2D eigenvalue weighted by atomic mass is 10.1. The summed E-state index contributed by atoms with van der Waals surface area (Å²) in [6, 6.07) is 0.205. The minimum absolute atomic E-state index is 0.186. The van der Waals surface area contributed by atoms with Crippen LogP contribution in [0.25, 0.3) is 0 Å². The smallest absolute Gasteiger partial charge is 0.229 e. The molecule has 5 heteroatoms. The molecule has 1 fully saturated rings. The van der Waals surface area contributed by atoms with Crippen molar-refractivity contribution in [2.75, 3.05) is 19.7 Å². The van der Waals surface area contributed by atoms with Gasteiger partial charge in [-0.15, -0.1) is 0 Å². The van der Waals surface area contributed by atoms with Crippen molar-refractivity contribution in [2.24, 2.45) is 0 Å². The average molecular weight is 253 g/mol. The van der Waals surface area contributed by atoms with Crippen LogP contribution in [-0.4, -0.2) is 39.8 Å². The van der Waals surface area contributed by atoms with Gasteiger partial charge in [0.05, 0.1) is 12.6 Å². The Kier molecular flexibility index (Phi) is 4.72. The molecule has 1 aromatic heterocycles. The summed E-state index contributed by atoms with van der Waals surface area (Å²) in [4.78, 5) is 6.79. The molecule has 0 aromatic carbocycles. The molecule has 0 radical (unpaired) electrons. The van der Waals surface area contributed by atoms with Crippen LogP contribution >= 0.6 is 0 Å². The second-order valence-corrected chi connectivity index (χ2v) is 5.27. The predicted molar refractivity (Wildman–Crippen MR) is 68.3 cm³/mol. The SMILES string of the molecule is CC(C)c1nc([C@H]2CCCCCN2CCO)no1. The maximum atomic E-state index is 9.16. The molecule has 0 spiro atoms. The van der Waals surface area contributed by atoms with Gasteiger partial charge in [-0.3, -0.25) is 4.90 Å². The molecule has 1 aliphatic heterocycles. The van der Waals surface area contributed by atoms with Crippen molar-refractivity contribution < 1.29 is 9.63 Å². The van der Waals surface area contributed by atoms with Gasteiger partial charge < -0.3 is 9.63 Å². The molecule has 102 valence electrons. The molecule has 0 amide bonds. The van der Waals surface area contributed by atoms with E-state index < -0.39 is 0 Å². The Morgan fingerprint density at radius 2 is 2.22 bits per heavy atom. The van der Waals surface area contributed by atoms with Gasteiger partial charge in [-0.25, -0.2) is 0 Å². The van der Waals surface area contributed by atoms with E-state index in [1.54, 1.807) is 0 Å². The number of rotatable bonds is 4. The van der Waals surface area contributed by atoms with Crippen LogP contribution in [0.2, 0.25) is 0 Å². The third-order valence-corrected chi connectivity index (χ3v) is 3.50. The largest absolute Gasteiger partial charge is 0.395 e. The summed E-state index contributed by atoms with van der Waals surface area (Å²) in [5, 5.41) is 13.3. The van der Waals surface area contributed by atoms with Gasteiger partial charge in [-0.2, -0.15) is 4.98 Å². The first-order valence-corrected chi connectivity index (χ1v) is 6.90. The van der Waals surface area contributed by atoms with Gasteiger partial charge in [0, 0.05) is 12.5 Å². The van der Waals surface area contributed by atoms with Crippen LogP contribution in [0.5, 0.6) is 0 Å². The molecule has 1 N–H and O–H groups in total. The molecule has 1 aliphatic rings. The van der Waals surface area contributed by atoms with Crippen LogP contribution in [0.3, 0.4) is 0 Å². The van der Waals surface area contributed by atoms with Crippen molar-refractivity contribution in [2.45, 2.75) is 51.5 Å². The molecular weight excluding hydrogens is 230 g/mol. The molecule has 0 unspecified atom stereocenters. The van der Waals surface area contributed by atoms with Gasteiger partial charge in [0.1, 0.15) is 0 Å². The molecule has 0 bridgehead atoms. The number of hydrogen-bond acceptors (Lipinski definition) is 5. The summed E-state index contributed by atoms with van der Waals surface area (Å²) in [5.74, 6) is 1.76. The minimum atomic E-state index is 0.186. The Balaban J connectivity index is 2.15. The number of β-amino-alcohol motifs (C(OH)–C–C–N with tert-alkyl or cyclic N) is 1. The number of aliphatic hydroxyl groups excluding tert-OH is 1. The number of aromatic nitrogens is 2. The summed E-state index contributed by atoms with van der Waals surface area (Å²) in [5.41, 5.74) is 0. The first-order chi connectivity index (χ1) is 8.72. The van der Waals surface area contributed by atoms with E-state index in [9.17, 15) is 0 Å². The van der Waals surface area contributed by atoms with Crippen molar-refractivity contribution in [3.63, 3.8) is 0 Å². The van der Waals surface area contributed by atoms with E-state index >= 15 is 0 Å². The zero-order chi connectivity index (χ0) is 13.0. The molecular formula is C13H23N3O2. The molecule has 5 nitrogen and oxygen atoms in total. The van der Waals surface area contributed by atoms with Crippen molar-refractivity contribution in [1.82, 2.24) is 15.0 Å². The third-order valence-electron chi connectivity index (χ3n) is 3.50. The number of likely N-dealkylation sites (tertiary alicyclic amines) is 1. The second kappa shape index (κ2) is 6.29. The van der Waals surface area contributed by atoms with Crippen molar-refractivity contribution >= 4 is 0 Å².